The van der Waals surface area contributed by atoms with E-state index in [4.69, 9.17) is 0 Å². The molecule has 1 aromatic rings. The average Bonchev–Trinajstić information content (AvgIpc) is 2.86. The minimum atomic E-state index is -0.673. The van der Waals surface area contributed by atoms with E-state index < -0.39 is 12.0 Å². The zero-order valence-corrected chi connectivity index (χ0v) is 10.8. The molecule has 0 spiro atoms. The summed E-state index contributed by atoms with van der Waals surface area (Å²) in [6, 6.07) is 0.0938. The maximum absolute atomic E-state index is 13.7. The first-order chi connectivity index (χ1) is 9.24. The highest BCUT2D eigenvalue weighted by Gasteiger charge is 2.33. The molecule has 2 aliphatic rings. The van der Waals surface area contributed by atoms with Gasteiger partial charge in [0.05, 0.1) is 12.4 Å². The zero-order valence-electron chi connectivity index (χ0n) is 10.8. The Balaban J connectivity index is 1.58. The molecule has 4 nitrogen and oxygen atoms in total. The van der Waals surface area contributed by atoms with E-state index in [1.54, 1.807) is 0 Å². The Morgan fingerprint density at radius 2 is 1.74 bits per heavy atom. The second kappa shape index (κ2) is 5.36. The minimum absolute atomic E-state index is 0.0938. The second-order valence-electron chi connectivity index (χ2n) is 5.24. The molecule has 19 heavy (non-hydrogen) atoms. The molecule has 2 heterocycles. The highest BCUT2D eigenvalue weighted by atomic mass is 19.1. The van der Waals surface area contributed by atoms with Gasteiger partial charge in [-0.25, -0.2) is 18.7 Å². The fourth-order valence-electron chi connectivity index (χ4n) is 3.03. The standard InChI is InChI=1S/C13H18F2N4/c14-10-8-16-13(17-9-10)19-6-4-18(5-7-19)12-3-1-2-11(12)15/h8-9,11-12H,1-7H2. The van der Waals surface area contributed by atoms with Gasteiger partial charge in [0.2, 0.25) is 5.95 Å². The van der Waals surface area contributed by atoms with Crippen molar-refractivity contribution in [3.05, 3.63) is 18.2 Å². The fraction of sp³-hybridized carbons (Fsp3) is 0.692. The van der Waals surface area contributed by atoms with Crippen LogP contribution in [0.3, 0.4) is 0 Å². The van der Waals surface area contributed by atoms with Crippen LogP contribution in [0.1, 0.15) is 19.3 Å². The summed E-state index contributed by atoms with van der Waals surface area (Å²) in [6.45, 7) is 3.20. The Morgan fingerprint density at radius 3 is 2.32 bits per heavy atom. The van der Waals surface area contributed by atoms with Gasteiger partial charge in [0.15, 0.2) is 5.82 Å². The van der Waals surface area contributed by atoms with E-state index in [0.29, 0.717) is 12.4 Å². The SMILES string of the molecule is Fc1cnc(N2CCN(C3CCCC3F)CC2)nc1. The maximum Gasteiger partial charge on any atom is 0.225 e. The Morgan fingerprint density at radius 1 is 1.05 bits per heavy atom. The van der Waals surface area contributed by atoms with Gasteiger partial charge in [0.25, 0.3) is 0 Å². The van der Waals surface area contributed by atoms with Gasteiger partial charge in [0.1, 0.15) is 6.17 Å². The fourth-order valence-corrected chi connectivity index (χ4v) is 3.03. The summed E-state index contributed by atoms with van der Waals surface area (Å²) in [5.41, 5.74) is 0. The summed E-state index contributed by atoms with van der Waals surface area (Å²) in [6.07, 6.45) is 4.36. The monoisotopic (exact) mass is 268 g/mol. The van der Waals surface area contributed by atoms with E-state index in [-0.39, 0.29) is 6.04 Å². The van der Waals surface area contributed by atoms with E-state index >= 15 is 0 Å². The summed E-state index contributed by atoms with van der Waals surface area (Å²) >= 11 is 0. The molecule has 0 radical (unpaired) electrons. The number of rotatable bonds is 2. The van der Waals surface area contributed by atoms with E-state index in [9.17, 15) is 8.78 Å². The molecule has 0 amide bonds. The Kier molecular flexibility index (Phi) is 3.59. The third-order valence-electron chi connectivity index (χ3n) is 4.07. The predicted molar refractivity (Wildman–Crippen MR) is 68.3 cm³/mol. The number of anilines is 1. The van der Waals surface area contributed by atoms with Gasteiger partial charge in [-0.2, -0.15) is 0 Å². The topological polar surface area (TPSA) is 32.3 Å². The quantitative estimate of drug-likeness (QED) is 0.816. The van der Waals surface area contributed by atoms with E-state index in [2.05, 4.69) is 14.9 Å². The lowest BCUT2D eigenvalue weighted by molar-refractivity contribution is 0.124. The number of nitrogens with zero attached hydrogens (tertiary/aromatic N) is 4. The van der Waals surface area contributed by atoms with Crippen molar-refractivity contribution in [1.29, 1.82) is 0 Å². The number of aromatic nitrogens is 2. The number of halogens is 2. The van der Waals surface area contributed by atoms with Crippen molar-refractivity contribution >= 4 is 5.95 Å². The molecule has 1 saturated heterocycles. The van der Waals surface area contributed by atoms with Crippen molar-refractivity contribution < 1.29 is 8.78 Å². The number of hydrogen-bond donors (Lipinski definition) is 0. The lowest BCUT2D eigenvalue weighted by Gasteiger charge is -2.38. The molecular weight excluding hydrogens is 250 g/mol. The Labute approximate surface area is 111 Å². The first-order valence-electron chi connectivity index (χ1n) is 6.84. The van der Waals surface area contributed by atoms with Gasteiger partial charge in [-0.05, 0) is 19.3 Å². The third-order valence-corrected chi connectivity index (χ3v) is 4.07. The van der Waals surface area contributed by atoms with E-state index in [1.807, 2.05) is 4.90 Å². The highest BCUT2D eigenvalue weighted by molar-refractivity contribution is 5.29. The molecule has 2 atom stereocenters. The normalized spacial score (nSPS) is 28.8. The molecule has 1 saturated carbocycles. The van der Waals surface area contributed by atoms with E-state index in [0.717, 1.165) is 39.0 Å². The Hall–Kier alpha value is -1.30. The number of hydrogen-bond acceptors (Lipinski definition) is 4. The lowest BCUT2D eigenvalue weighted by Crippen LogP contribution is -2.52. The summed E-state index contributed by atoms with van der Waals surface area (Å²) in [4.78, 5) is 12.2. The molecule has 2 fully saturated rings. The molecule has 6 heteroatoms. The van der Waals surface area contributed by atoms with Crippen LogP contribution >= 0.6 is 0 Å². The van der Waals surface area contributed by atoms with Gasteiger partial charge in [-0.15, -0.1) is 0 Å². The van der Waals surface area contributed by atoms with Crippen molar-refractivity contribution in [3.8, 4) is 0 Å². The first kappa shape index (κ1) is 12.7. The van der Waals surface area contributed by atoms with Crippen molar-refractivity contribution in [2.75, 3.05) is 31.1 Å². The number of piperazine rings is 1. The molecule has 0 N–H and O–H groups in total. The smallest absolute Gasteiger partial charge is 0.225 e. The summed E-state index contributed by atoms with van der Waals surface area (Å²) in [7, 11) is 0. The first-order valence-corrected chi connectivity index (χ1v) is 6.84. The van der Waals surface area contributed by atoms with Crippen LogP contribution < -0.4 is 4.90 Å². The van der Waals surface area contributed by atoms with Gasteiger partial charge < -0.3 is 4.90 Å². The molecule has 0 aromatic carbocycles. The third kappa shape index (κ3) is 2.68. The van der Waals surface area contributed by atoms with Crippen LogP contribution in [0.25, 0.3) is 0 Å². The van der Waals surface area contributed by atoms with Gasteiger partial charge in [0, 0.05) is 32.2 Å². The van der Waals surface area contributed by atoms with Gasteiger partial charge >= 0.3 is 0 Å². The Bertz CT molecular complexity index is 417. The molecular formula is C13H18F2N4. The van der Waals surface area contributed by atoms with Gasteiger partial charge in [-0.1, -0.05) is 0 Å². The highest BCUT2D eigenvalue weighted by Crippen LogP contribution is 2.27. The van der Waals surface area contributed by atoms with Crippen molar-refractivity contribution in [2.45, 2.75) is 31.5 Å². The van der Waals surface area contributed by atoms with Crippen LogP contribution in [-0.2, 0) is 0 Å². The minimum Gasteiger partial charge on any atom is -0.338 e. The van der Waals surface area contributed by atoms with Crippen LogP contribution in [-0.4, -0.2) is 53.3 Å². The predicted octanol–water partition coefficient (Wildman–Crippen LogP) is 1.63. The molecule has 2 unspecified atom stereocenters. The summed E-state index contributed by atoms with van der Waals surface area (Å²) < 4.78 is 26.5. The van der Waals surface area contributed by atoms with Crippen LogP contribution in [0.4, 0.5) is 14.7 Å². The summed E-state index contributed by atoms with van der Waals surface area (Å²) in [5.74, 6) is 0.137. The molecule has 1 aliphatic heterocycles. The van der Waals surface area contributed by atoms with Crippen molar-refractivity contribution in [3.63, 3.8) is 0 Å². The van der Waals surface area contributed by atoms with Crippen molar-refractivity contribution in [1.82, 2.24) is 14.9 Å². The van der Waals surface area contributed by atoms with Crippen LogP contribution in [0.15, 0.2) is 12.4 Å². The molecule has 0 bridgehead atoms. The molecule has 1 aliphatic carbocycles. The average molecular weight is 268 g/mol. The van der Waals surface area contributed by atoms with Crippen LogP contribution in [0.2, 0.25) is 0 Å². The summed E-state index contributed by atoms with van der Waals surface area (Å²) in [5, 5.41) is 0. The second-order valence-corrected chi connectivity index (χ2v) is 5.24. The molecule has 3 rings (SSSR count). The van der Waals surface area contributed by atoms with E-state index in [1.165, 1.54) is 12.4 Å². The maximum atomic E-state index is 13.7. The van der Waals surface area contributed by atoms with Crippen LogP contribution in [0, 0.1) is 5.82 Å². The molecule has 1 aromatic heterocycles. The van der Waals surface area contributed by atoms with Gasteiger partial charge in [-0.3, -0.25) is 4.90 Å². The van der Waals surface area contributed by atoms with Crippen LogP contribution in [0.5, 0.6) is 0 Å². The largest absolute Gasteiger partial charge is 0.338 e. The molecule has 104 valence electrons. The van der Waals surface area contributed by atoms with Crippen molar-refractivity contribution in [2.24, 2.45) is 0 Å². The zero-order chi connectivity index (χ0) is 13.2. The lowest BCUT2D eigenvalue weighted by atomic mass is 10.1. The number of alkyl halides is 1.